The van der Waals surface area contributed by atoms with Crippen LogP contribution in [0.25, 0.3) is 11.4 Å². The van der Waals surface area contributed by atoms with Crippen LogP contribution >= 0.6 is 0 Å². The van der Waals surface area contributed by atoms with Crippen LogP contribution in [0, 0.1) is 0 Å². The fraction of sp³-hybridized carbons (Fsp3) is 0.333. The first-order valence-electron chi connectivity index (χ1n) is 4.74. The monoisotopic (exact) mass is 203 g/mol. The number of nitrogens with zero attached hydrogens (tertiary/aromatic N) is 4. The van der Waals surface area contributed by atoms with Crippen molar-refractivity contribution in [3.05, 3.63) is 17.5 Å². The summed E-state index contributed by atoms with van der Waals surface area (Å²) in [6, 6.07) is 0. The third-order valence-electron chi connectivity index (χ3n) is 2.50. The van der Waals surface area contributed by atoms with Crippen molar-refractivity contribution in [1.29, 1.82) is 0 Å². The summed E-state index contributed by atoms with van der Waals surface area (Å²) in [5, 5.41) is 10.6. The van der Waals surface area contributed by atoms with Crippen molar-refractivity contribution in [2.45, 2.75) is 12.8 Å². The molecular formula is C9H9N5O. The predicted molar refractivity (Wildman–Crippen MR) is 52.3 cm³/mol. The Morgan fingerprint density at radius 3 is 3.07 bits per heavy atom. The summed E-state index contributed by atoms with van der Waals surface area (Å²) in [4.78, 5) is 8.53. The third kappa shape index (κ3) is 1.18. The highest BCUT2D eigenvalue weighted by molar-refractivity contribution is 5.64. The molecule has 2 aromatic heterocycles. The van der Waals surface area contributed by atoms with Gasteiger partial charge in [0.25, 0.3) is 0 Å². The second-order valence-corrected chi connectivity index (χ2v) is 3.38. The average molecular weight is 203 g/mol. The molecule has 1 aliphatic rings. The number of hydrogen-bond donors (Lipinski definition) is 1. The Labute approximate surface area is 85.7 Å². The molecule has 0 fully saturated rings. The molecule has 2 heterocycles. The topological polar surface area (TPSA) is 76.7 Å². The molecular weight excluding hydrogens is 194 g/mol. The molecule has 2 aromatic rings. The minimum absolute atomic E-state index is 0.588. The minimum atomic E-state index is 0.588. The molecule has 3 rings (SSSR count). The lowest BCUT2D eigenvalue weighted by Gasteiger charge is -2.12. The lowest BCUT2D eigenvalue weighted by Crippen LogP contribution is -2.08. The molecule has 0 aromatic carbocycles. The van der Waals surface area contributed by atoms with E-state index in [0.29, 0.717) is 5.95 Å². The molecule has 0 unspecified atom stereocenters. The van der Waals surface area contributed by atoms with Crippen molar-refractivity contribution >= 4 is 5.95 Å². The second kappa shape index (κ2) is 3.01. The molecule has 6 heteroatoms. The highest BCUT2D eigenvalue weighted by Crippen LogP contribution is 2.29. The van der Waals surface area contributed by atoms with E-state index in [9.17, 15) is 0 Å². The highest BCUT2D eigenvalue weighted by Gasteiger charge is 2.23. The Balaban J connectivity index is 2.21. The zero-order valence-corrected chi connectivity index (χ0v) is 8.19. The van der Waals surface area contributed by atoms with Crippen LogP contribution in [0.2, 0.25) is 0 Å². The molecule has 0 bridgehead atoms. The molecule has 0 atom stereocenters. The van der Waals surface area contributed by atoms with E-state index in [2.05, 4.69) is 25.6 Å². The molecule has 0 amide bonds. The van der Waals surface area contributed by atoms with Gasteiger partial charge in [0.2, 0.25) is 5.95 Å². The molecule has 0 radical (unpaired) electrons. The number of rotatable bonds is 1. The summed E-state index contributed by atoms with van der Waals surface area (Å²) < 4.78 is 4.72. The van der Waals surface area contributed by atoms with Gasteiger partial charge < -0.3 is 5.32 Å². The average Bonchev–Trinajstić information content (AvgIpc) is 2.76. The minimum Gasteiger partial charge on any atom is -0.357 e. The van der Waals surface area contributed by atoms with Gasteiger partial charge in [-0.05, 0) is 23.6 Å². The predicted octanol–water partition coefficient (Wildman–Crippen LogP) is 0.667. The van der Waals surface area contributed by atoms with Gasteiger partial charge in [0, 0.05) is 13.2 Å². The van der Waals surface area contributed by atoms with E-state index in [1.54, 1.807) is 7.05 Å². The molecule has 6 nitrogen and oxygen atoms in total. The standard InChI is InChI=1S/C9H9N5O/c1-10-9-11-4-5-2-3-6-8(7(5)12-9)14-15-13-6/h4H,2-3H2,1H3,(H,10,11,12). The first kappa shape index (κ1) is 8.34. The van der Waals surface area contributed by atoms with E-state index in [0.717, 1.165) is 35.5 Å². The molecule has 0 saturated heterocycles. The fourth-order valence-corrected chi connectivity index (χ4v) is 1.72. The summed E-state index contributed by atoms with van der Waals surface area (Å²) in [7, 11) is 1.78. The zero-order chi connectivity index (χ0) is 10.3. The van der Waals surface area contributed by atoms with Gasteiger partial charge in [-0.15, -0.1) is 0 Å². The summed E-state index contributed by atoms with van der Waals surface area (Å²) in [5.74, 6) is 0.588. The van der Waals surface area contributed by atoms with E-state index < -0.39 is 0 Å². The normalized spacial score (nSPS) is 13.1. The fourth-order valence-electron chi connectivity index (χ4n) is 1.72. The van der Waals surface area contributed by atoms with Crippen LogP contribution in [0.4, 0.5) is 5.95 Å². The first-order valence-corrected chi connectivity index (χ1v) is 4.74. The SMILES string of the molecule is CNc1ncc2c(n1)-c1nonc1CC2. The molecule has 15 heavy (non-hydrogen) atoms. The second-order valence-electron chi connectivity index (χ2n) is 3.38. The Morgan fingerprint density at radius 1 is 1.27 bits per heavy atom. The van der Waals surface area contributed by atoms with Crippen molar-refractivity contribution in [3.63, 3.8) is 0 Å². The van der Waals surface area contributed by atoms with Gasteiger partial charge in [-0.3, -0.25) is 0 Å². The summed E-state index contributed by atoms with van der Waals surface area (Å²) in [6.45, 7) is 0. The maximum absolute atomic E-state index is 4.72. The zero-order valence-electron chi connectivity index (χ0n) is 8.19. The van der Waals surface area contributed by atoms with E-state index in [1.807, 2.05) is 6.20 Å². The Morgan fingerprint density at radius 2 is 2.20 bits per heavy atom. The molecule has 0 saturated carbocycles. The number of fused-ring (bicyclic) bond motifs is 3. The van der Waals surface area contributed by atoms with Crippen LogP contribution in [0.3, 0.4) is 0 Å². The van der Waals surface area contributed by atoms with Crippen LogP contribution in [0.1, 0.15) is 11.3 Å². The largest absolute Gasteiger partial charge is 0.357 e. The lowest BCUT2D eigenvalue weighted by atomic mass is 9.98. The Bertz CT molecular complexity index is 507. The van der Waals surface area contributed by atoms with Crippen molar-refractivity contribution in [2.24, 2.45) is 0 Å². The van der Waals surface area contributed by atoms with Gasteiger partial charge in [-0.1, -0.05) is 5.16 Å². The number of aromatic nitrogens is 4. The maximum atomic E-state index is 4.72. The van der Waals surface area contributed by atoms with E-state index in [1.165, 1.54) is 0 Å². The van der Waals surface area contributed by atoms with Crippen LogP contribution in [-0.4, -0.2) is 27.3 Å². The lowest BCUT2D eigenvalue weighted by molar-refractivity contribution is 0.304. The van der Waals surface area contributed by atoms with Gasteiger partial charge in [0.15, 0.2) is 5.69 Å². The van der Waals surface area contributed by atoms with Gasteiger partial charge in [0.1, 0.15) is 11.4 Å². The van der Waals surface area contributed by atoms with Gasteiger partial charge in [-0.2, -0.15) is 0 Å². The molecule has 1 aliphatic carbocycles. The Kier molecular flexibility index (Phi) is 1.67. The summed E-state index contributed by atoms with van der Waals surface area (Å²) in [5.41, 5.74) is 3.55. The summed E-state index contributed by atoms with van der Waals surface area (Å²) in [6.07, 6.45) is 3.56. The number of nitrogens with one attached hydrogen (secondary N) is 1. The van der Waals surface area contributed by atoms with Crippen LogP contribution in [0.15, 0.2) is 10.8 Å². The smallest absolute Gasteiger partial charge is 0.223 e. The van der Waals surface area contributed by atoms with Crippen LogP contribution in [0.5, 0.6) is 0 Å². The molecule has 0 aliphatic heterocycles. The molecule has 0 spiro atoms. The van der Waals surface area contributed by atoms with Gasteiger partial charge in [-0.25, -0.2) is 14.6 Å². The Hall–Kier alpha value is -1.98. The van der Waals surface area contributed by atoms with Crippen molar-refractivity contribution in [3.8, 4) is 11.4 Å². The number of anilines is 1. The van der Waals surface area contributed by atoms with Crippen molar-refractivity contribution in [1.82, 2.24) is 20.3 Å². The van der Waals surface area contributed by atoms with E-state index >= 15 is 0 Å². The highest BCUT2D eigenvalue weighted by atomic mass is 16.6. The van der Waals surface area contributed by atoms with Crippen LogP contribution in [-0.2, 0) is 12.8 Å². The third-order valence-corrected chi connectivity index (χ3v) is 2.50. The van der Waals surface area contributed by atoms with Crippen LogP contribution < -0.4 is 5.32 Å². The molecule has 1 N–H and O–H groups in total. The summed E-state index contributed by atoms with van der Waals surface area (Å²) >= 11 is 0. The number of aryl methyl sites for hydroxylation is 2. The maximum Gasteiger partial charge on any atom is 0.223 e. The van der Waals surface area contributed by atoms with Crippen molar-refractivity contribution in [2.75, 3.05) is 12.4 Å². The quantitative estimate of drug-likeness (QED) is 0.733. The first-order chi connectivity index (χ1) is 7.38. The van der Waals surface area contributed by atoms with Gasteiger partial charge in [0.05, 0.1) is 0 Å². The molecule has 76 valence electrons. The number of hydrogen-bond acceptors (Lipinski definition) is 6. The van der Waals surface area contributed by atoms with E-state index in [-0.39, 0.29) is 0 Å². The van der Waals surface area contributed by atoms with Gasteiger partial charge >= 0.3 is 0 Å². The van der Waals surface area contributed by atoms with Crippen molar-refractivity contribution < 1.29 is 4.63 Å². The van der Waals surface area contributed by atoms with E-state index in [4.69, 9.17) is 4.63 Å².